The zero-order chi connectivity index (χ0) is 29.4. The Kier molecular flexibility index (Phi) is 10.5. The van der Waals surface area contributed by atoms with Crippen LogP contribution < -0.4 is 10.0 Å². The summed E-state index contributed by atoms with van der Waals surface area (Å²) in [4.78, 5) is 23.4. The van der Waals surface area contributed by atoms with Crippen molar-refractivity contribution in [2.24, 2.45) is 0 Å². The third kappa shape index (κ3) is 8.61. The lowest BCUT2D eigenvalue weighted by molar-refractivity contribution is -0.137. The lowest BCUT2D eigenvalue weighted by Gasteiger charge is -2.11. The molecule has 222 valence electrons. The second-order valence-corrected chi connectivity index (χ2v) is 12.2. The average Bonchev–Trinajstić information content (AvgIpc) is 3.71. The van der Waals surface area contributed by atoms with Gasteiger partial charge in [-0.05, 0) is 98.4 Å². The number of hydrogen-bond acceptors (Lipinski definition) is 6. The second-order valence-electron chi connectivity index (χ2n) is 10.4. The lowest BCUT2D eigenvalue weighted by Crippen LogP contribution is -2.26. The molecule has 0 radical (unpaired) electrons. The number of aliphatic carboxylic acids is 1. The van der Waals surface area contributed by atoms with Gasteiger partial charge in [-0.25, -0.2) is 17.5 Å². The van der Waals surface area contributed by atoms with Gasteiger partial charge < -0.3 is 19.6 Å². The molecule has 0 unspecified atom stereocenters. The Hall–Kier alpha value is -3.28. The zero-order valence-electron chi connectivity index (χ0n) is 23.2. The van der Waals surface area contributed by atoms with E-state index in [2.05, 4.69) is 10.0 Å². The van der Waals surface area contributed by atoms with E-state index in [1.807, 2.05) is 6.07 Å². The molecule has 1 heterocycles. The number of furan rings is 1. The first kappa shape index (κ1) is 30.7. The van der Waals surface area contributed by atoms with Crippen LogP contribution in [-0.2, 0) is 25.3 Å². The molecule has 3 N–H and O–H groups in total. The van der Waals surface area contributed by atoms with Crippen molar-refractivity contribution in [3.05, 3.63) is 58.9 Å². The summed E-state index contributed by atoms with van der Waals surface area (Å²) >= 11 is 0. The normalized spacial score (nSPS) is 13.5. The molecule has 1 fully saturated rings. The molecular formula is C30H37FN2O7S. The molecule has 3 aromatic rings. The molecule has 0 saturated heterocycles. The van der Waals surface area contributed by atoms with Gasteiger partial charge in [0.2, 0.25) is 10.0 Å². The Labute approximate surface area is 239 Å². The summed E-state index contributed by atoms with van der Waals surface area (Å²) in [7, 11) is -2.09. The highest BCUT2D eigenvalue weighted by Gasteiger charge is 2.30. The van der Waals surface area contributed by atoms with Crippen LogP contribution in [0.2, 0.25) is 0 Å². The molecule has 1 aliphatic rings. The quantitative estimate of drug-likeness (QED) is 0.181. The Bertz CT molecular complexity index is 1460. The van der Waals surface area contributed by atoms with Gasteiger partial charge in [-0.2, -0.15) is 0 Å². The summed E-state index contributed by atoms with van der Waals surface area (Å²) in [5.41, 5.74) is 2.84. The van der Waals surface area contributed by atoms with Crippen molar-refractivity contribution in [2.45, 2.75) is 63.0 Å². The van der Waals surface area contributed by atoms with Crippen molar-refractivity contribution in [3.63, 3.8) is 0 Å². The van der Waals surface area contributed by atoms with Gasteiger partial charge in [0.05, 0.1) is 11.3 Å². The third-order valence-corrected chi connectivity index (χ3v) is 8.42. The Morgan fingerprint density at radius 1 is 1.05 bits per heavy atom. The van der Waals surface area contributed by atoms with Crippen LogP contribution >= 0.6 is 0 Å². The SMILES string of the molecule is CNC(=O)c1c(-c2ccc(F)cc2)oc2cc(CS(=O)(=O)NCCCCCOCCCCC(=O)O)c(C3CC3)cc12. The molecular weight excluding hydrogens is 551 g/mol. The highest BCUT2D eigenvalue weighted by molar-refractivity contribution is 7.88. The van der Waals surface area contributed by atoms with E-state index in [1.54, 1.807) is 18.2 Å². The Morgan fingerprint density at radius 2 is 1.76 bits per heavy atom. The number of ether oxygens (including phenoxy) is 1. The molecule has 0 spiro atoms. The minimum absolute atomic E-state index is 0.148. The first-order valence-electron chi connectivity index (χ1n) is 14.0. The fourth-order valence-electron chi connectivity index (χ4n) is 4.83. The number of carboxylic acid groups (broad SMARTS) is 1. The molecule has 1 saturated carbocycles. The van der Waals surface area contributed by atoms with Crippen LogP contribution in [-0.4, -0.2) is 52.2 Å². The van der Waals surface area contributed by atoms with Crippen LogP contribution in [0.15, 0.2) is 40.8 Å². The fourth-order valence-corrected chi connectivity index (χ4v) is 6.04. The first-order valence-corrected chi connectivity index (χ1v) is 15.7. The van der Waals surface area contributed by atoms with E-state index in [-0.39, 0.29) is 24.0 Å². The van der Waals surface area contributed by atoms with E-state index in [0.717, 1.165) is 31.2 Å². The number of unbranched alkanes of at least 4 members (excludes halogenated alkanes) is 3. The summed E-state index contributed by atoms with van der Waals surface area (Å²) < 4.78 is 53.8. The highest BCUT2D eigenvalue weighted by Crippen LogP contribution is 2.45. The lowest BCUT2D eigenvalue weighted by atomic mass is 9.98. The average molecular weight is 589 g/mol. The molecule has 9 nitrogen and oxygen atoms in total. The van der Waals surface area contributed by atoms with E-state index in [0.29, 0.717) is 72.4 Å². The van der Waals surface area contributed by atoms with Gasteiger partial charge in [-0.3, -0.25) is 9.59 Å². The number of amides is 1. The maximum Gasteiger partial charge on any atom is 0.303 e. The number of halogens is 1. The van der Waals surface area contributed by atoms with Crippen molar-refractivity contribution in [3.8, 4) is 11.3 Å². The van der Waals surface area contributed by atoms with Crippen LogP contribution in [0.5, 0.6) is 0 Å². The standard InChI is InChI=1S/C30H37FN2O7S/c1-32-30(36)28-25-18-24(20-8-9-20)22(17-26(25)40-29(28)21-10-12-23(31)13-11-21)19-41(37,38)33-14-4-2-5-15-39-16-6-3-7-27(34)35/h10-13,17-18,20,33H,2-9,14-16,19H2,1H3,(H,32,36)(H,34,35). The minimum atomic E-state index is -3.62. The third-order valence-electron chi connectivity index (χ3n) is 7.09. The summed E-state index contributed by atoms with van der Waals surface area (Å²) in [6.45, 7) is 1.41. The van der Waals surface area contributed by atoms with Crippen molar-refractivity contribution in [1.82, 2.24) is 10.0 Å². The van der Waals surface area contributed by atoms with Crippen molar-refractivity contribution in [2.75, 3.05) is 26.8 Å². The van der Waals surface area contributed by atoms with E-state index < -0.39 is 21.8 Å². The van der Waals surface area contributed by atoms with Gasteiger partial charge >= 0.3 is 5.97 Å². The number of carbonyl (C=O) groups is 2. The van der Waals surface area contributed by atoms with Gasteiger partial charge in [0.25, 0.3) is 5.91 Å². The van der Waals surface area contributed by atoms with Crippen molar-refractivity contribution >= 4 is 32.9 Å². The molecule has 1 amide bonds. The van der Waals surface area contributed by atoms with Crippen LogP contribution in [0, 0.1) is 5.82 Å². The monoisotopic (exact) mass is 588 g/mol. The molecule has 41 heavy (non-hydrogen) atoms. The van der Waals surface area contributed by atoms with Crippen LogP contribution in [0.3, 0.4) is 0 Å². The molecule has 11 heteroatoms. The number of fused-ring (bicyclic) bond motifs is 1. The minimum Gasteiger partial charge on any atom is -0.481 e. The topological polar surface area (TPSA) is 135 Å². The Balaban J connectivity index is 1.39. The maximum absolute atomic E-state index is 13.5. The van der Waals surface area contributed by atoms with Crippen LogP contribution in [0.4, 0.5) is 4.39 Å². The summed E-state index contributed by atoms with van der Waals surface area (Å²) in [6.07, 6.45) is 5.62. The van der Waals surface area contributed by atoms with E-state index in [4.69, 9.17) is 14.3 Å². The molecule has 0 bridgehead atoms. The molecule has 1 aromatic heterocycles. The van der Waals surface area contributed by atoms with Gasteiger partial charge in [0, 0.05) is 44.2 Å². The molecule has 4 rings (SSSR count). The maximum atomic E-state index is 13.5. The molecule has 0 atom stereocenters. The van der Waals surface area contributed by atoms with Gasteiger partial charge in [-0.15, -0.1) is 0 Å². The molecule has 0 aliphatic heterocycles. The van der Waals surface area contributed by atoms with Gasteiger partial charge in [0.1, 0.15) is 17.2 Å². The number of nitrogens with one attached hydrogen (secondary N) is 2. The summed E-state index contributed by atoms with van der Waals surface area (Å²) in [5, 5.41) is 11.9. The molecule has 2 aromatic carbocycles. The van der Waals surface area contributed by atoms with Crippen molar-refractivity contribution < 1.29 is 36.7 Å². The van der Waals surface area contributed by atoms with Gasteiger partial charge in [0.15, 0.2) is 0 Å². The van der Waals surface area contributed by atoms with E-state index in [9.17, 15) is 22.4 Å². The number of hydrogen-bond donors (Lipinski definition) is 3. The number of benzene rings is 2. The van der Waals surface area contributed by atoms with Crippen molar-refractivity contribution in [1.29, 1.82) is 0 Å². The first-order chi connectivity index (χ1) is 19.7. The number of carboxylic acids is 1. The van der Waals surface area contributed by atoms with Crippen LogP contribution in [0.25, 0.3) is 22.3 Å². The number of carbonyl (C=O) groups excluding carboxylic acids is 1. The summed E-state index contributed by atoms with van der Waals surface area (Å²) in [6, 6.07) is 9.29. The predicted molar refractivity (Wildman–Crippen MR) is 154 cm³/mol. The number of rotatable bonds is 17. The predicted octanol–water partition coefficient (Wildman–Crippen LogP) is 5.34. The van der Waals surface area contributed by atoms with Gasteiger partial charge in [-0.1, -0.05) is 0 Å². The smallest absolute Gasteiger partial charge is 0.303 e. The highest BCUT2D eigenvalue weighted by atomic mass is 32.2. The summed E-state index contributed by atoms with van der Waals surface area (Å²) in [5.74, 6) is -1.20. The largest absolute Gasteiger partial charge is 0.481 e. The Morgan fingerprint density at radius 3 is 2.41 bits per heavy atom. The molecule has 1 aliphatic carbocycles. The second kappa shape index (κ2) is 14.1. The zero-order valence-corrected chi connectivity index (χ0v) is 24.0. The fraction of sp³-hybridized carbons (Fsp3) is 0.467. The van der Waals surface area contributed by atoms with Crippen LogP contribution in [0.1, 0.15) is 78.8 Å². The van der Waals surface area contributed by atoms with E-state index >= 15 is 0 Å². The number of sulfonamides is 1. The van der Waals surface area contributed by atoms with E-state index in [1.165, 1.54) is 19.2 Å².